The minimum atomic E-state index is 0.0417. The largest absolute Gasteiger partial charge is 0.368 e. The zero-order chi connectivity index (χ0) is 11.1. The topological polar surface area (TPSA) is 117 Å². The van der Waals surface area contributed by atoms with E-state index in [0.29, 0.717) is 0 Å². The van der Waals surface area contributed by atoms with E-state index < -0.39 is 0 Å². The molecule has 0 bridgehead atoms. The second-order valence-corrected chi connectivity index (χ2v) is 2.56. The second kappa shape index (κ2) is 5.38. The third kappa shape index (κ3) is 4.41. The first-order chi connectivity index (χ1) is 7.18. The van der Waals surface area contributed by atoms with Crippen LogP contribution < -0.4 is 17.2 Å². The number of aromatic nitrogens is 3. The fraction of sp³-hybridized carbons (Fsp3) is 0. The zero-order valence-electron chi connectivity index (χ0n) is 8.04. The van der Waals surface area contributed by atoms with Gasteiger partial charge in [0.1, 0.15) is 0 Å². The molecule has 0 spiro atoms. The maximum atomic E-state index is 5.14. The van der Waals surface area contributed by atoms with Gasteiger partial charge in [-0.1, -0.05) is 36.4 Å². The molecule has 0 amide bonds. The molecule has 1 aromatic heterocycles. The molecule has 2 aromatic rings. The highest BCUT2D eigenvalue weighted by Gasteiger charge is 1.93. The molecule has 1 aromatic carbocycles. The number of benzene rings is 1. The van der Waals surface area contributed by atoms with Crippen molar-refractivity contribution in [3.05, 3.63) is 36.4 Å². The van der Waals surface area contributed by atoms with Crippen LogP contribution in [-0.4, -0.2) is 15.0 Å². The molecule has 0 saturated heterocycles. The molecular weight excluding hydrogens is 192 g/mol. The molecule has 15 heavy (non-hydrogen) atoms. The lowest BCUT2D eigenvalue weighted by Crippen LogP contribution is -2.05. The van der Waals surface area contributed by atoms with Gasteiger partial charge in [0.2, 0.25) is 17.8 Å². The van der Waals surface area contributed by atoms with Crippen LogP contribution in [0.4, 0.5) is 17.8 Å². The number of nitrogens with zero attached hydrogens (tertiary/aromatic N) is 3. The Morgan fingerprint density at radius 3 is 0.933 bits per heavy atom. The molecule has 2 rings (SSSR count). The summed E-state index contributed by atoms with van der Waals surface area (Å²) in [5.41, 5.74) is 15.4. The maximum Gasteiger partial charge on any atom is 0.226 e. The first-order valence-corrected chi connectivity index (χ1v) is 4.21. The van der Waals surface area contributed by atoms with E-state index >= 15 is 0 Å². The average molecular weight is 204 g/mol. The maximum absolute atomic E-state index is 5.14. The van der Waals surface area contributed by atoms with Crippen LogP contribution in [0, 0.1) is 0 Å². The molecule has 0 radical (unpaired) electrons. The van der Waals surface area contributed by atoms with Gasteiger partial charge in [-0.3, -0.25) is 0 Å². The van der Waals surface area contributed by atoms with Crippen molar-refractivity contribution in [3.63, 3.8) is 0 Å². The first-order valence-electron chi connectivity index (χ1n) is 4.21. The third-order valence-corrected chi connectivity index (χ3v) is 1.35. The van der Waals surface area contributed by atoms with Gasteiger partial charge in [-0.2, -0.15) is 15.0 Å². The minimum absolute atomic E-state index is 0.0417. The fourth-order valence-electron chi connectivity index (χ4n) is 0.812. The van der Waals surface area contributed by atoms with Crippen molar-refractivity contribution < 1.29 is 0 Å². The van der Waals surface area contributed by atoms with Crippen LogP contribution in [0.2, 0.25) is 0 Å². The van der Waals surface area contributed by atoms with Crippen molar-refractivity contribution in [1.29, 1.82) is 0 Å². The molecule has 6 heteroatoms. The molecule has 0 aliphatic heterocycles. The highest BCUT2D eigenvalue weighted by atomic mass is 15.2. The van der Waals surface area contributed by atoms with Crippen LogP contribution >= 0.6 is 0 Å². The van der Waals surface area contributed by atoms with Crippen molar-refractivity contribution in [2.75, 3.05) is 17.2 Å². The monoisotopic (exact) mass is 204 g/mol. The Morgan fingerprint density at radius 2 is 0.733 bits per heavy atom. The van der Waals surface area contributed by atoms with Gasteiger partial charge in [0.15, 0.2) is 0 Å². The van der Waals surface area contributed by atoms with Crippen LogP contribution in [0.3, 0.4) is 0 Å². The Kier molecular flexibility index (Phi) is 3.84. The van der Waals surface area contributed by atoms with Crippen molar-refractivity contribution in [2.24, 2.45) is 0 Å². The highest BCUT2D eigenvalue weighted by Crippen LogP contribution is 1.97. The van der Waals surface area contributed by atoms with Crippen LogP contribution in [-0.2, 0) is 0 Å². The van der Waals surface area contributed by atoms with Gasteiger partial charge in [0.05, 0.1) is 0 Å². The predicted octanol–water partition coefficient (Wildman–Crippen LogP) is 0.305. The fourth-order valence-corrected chi connectivity index (χ4v) is 0.812. The van der Waals surface area contributed by atoms with E-state index in [-0.39, 0.29) is 17.8 Å². The molecule has 1 heterocycles. The Labute approximate surface area is 87.2 Å². The lowest BCUT2D eigenvalue weighted by molar-refractivity contribution is 1.09. The van der Waals surface area contributed by atoms with Crippen molar-refractivity contribution >= 4 is 17.8 Å². The molecule has 6 N–H and O–H groups in total. The molecule has 0 saturated carbocycles. The summed E-state index contributed by atoms with van der Waals surface area (Å²) in [6.45, 7) is 0. The quantitative estimate of drug-likeness (QED) is 0.568. The summed E-state index contributed by atoms with van der Waals surface area (Å²) in [6.07, 6.45) is 0. The van der Waals surface area contributed by atoms with Crippen LogP contribution in [0.1, 0.15) is 0 Å². The van der Waals surface area contributed by atoms with Crippen molar-refractivity contribution in [1.82, 2.24) is 15.0 Å². The van der Waals surface area contributed by atoms with E-state index in [1.54, 1.807) is 0 Å². The minimum Gasteiger partial charge on any atom is -0.368 e. The van der Waals surface area contributed by atoms with E-state index in [0.717, 1.165) is 0 Å². The van der Waals surface area contributed by atoms with E-state index in [4.69, 9.17) is 17.2 Å². The predicted molar refractivity (Wildman–Crippen MR) is 59.5 cm³/mol. The summed E-state index contributed by atoms with van der Waals surface area (Å²) < 4.78 is 0. The second-order valence-electron chi connectivity index (χ2n) is 2.56. The van der Waals surface area contributed by atoms with E-state index in [1.165, 1.54) is 0 Å². The Balaban J connectivity index is 0.000000162. The number of rotatable bonds is 0. The number of nitrogens with two attached hydrogens (primary N) is 3. The molecule has 0 unspecified atom stereocenters. The molecule has 78 valence electrons. The number of hydrogen-bond donors (Lipinski definition) is 3. The van der Waals surface area contributed by atoms with Gasteiger partial charge in [0, 0.05) is 0 Å². The van der Waals surface area contributed by atoms with Crippen molar-refractivity contribution in [3.8, 4) is 0 Å². The molecule has 0 aliphatic rings. The summed E-state index contributed by atoms with van der Waals surface area (Å²) in [6, 6.07) is 12.0. The lowest BCUT2D eigenvalue weighted by atomic mass is 10.4. The Bertz CT molecular complexity index is 325. The molecule has 0 fully saturated rings. The van der Waals surface area contributed by atoms with Gasteiger partial charge < -0.3 is 17.2 Å². The molecular formula is C9H12N6. The van der Waals surface area contributed by atoms with Gasteiger partial charge in [-0.25, -0.2) is 0 Å². The summed E-state index contributed by atoms with van der Waals surface area (Å²) >= 11 is 0. The number of nitrogen functional groups attached to an aromatic ring is 3. The van der Waals surface area contributed by atoms with Gasteiger partial charge in [-0.05, 0) is 0 Å². The smallest absolute Gasteiger partial charge is 0.226 e. The SMILES string of the molecule is Nc1nc(N)nc(N)n1.c1ccccc1. The number of hydrogen-bond acceptors (Lipinski definition) is 6. The highest BCUT2D eigenvalue weighted by molar-refractivity contribution is 5.33. The van der Waals surface area contributed by atoms with Gasteiger partial charge in [-0.15, -0.1) is 0 Å². The standard InChI is InChI=1S/C6H6.C3H6N6/c1-2-4-6-5-3-1;4-1-7-2(5)9-3(6)8-1/h1-6H;(H6,4,5,6,7,8,9). The van der Waals surface area contributed by atoms with E-state index in [1.807, 2.05) is 36.4 Å². The van der Waals surface area contributed by atoms with Crippen LogP contribution in [0.25, 0.3) is 0 Å². The van der Waals surface area contributed by atoms with E-state index in [9.17, 15) is 0 Å². The van der Waals surface area contributed by atoms with Crippen LogP contribution in [0.5, 0.6) is 0 Å². The Hall–Kier alpha value is -2.37. The Morgan fingerprint density at radius 1 is 0.533 bits per heavy atom. The summed E-state index contributed by atoms with van der Waals surface area (Å²) in [5, 5.41) is 0. The molecule has 6 nitrogen and oxygen atoms in total. The van der Waals surface area contributed by atoms with Gasteiger partial charge >= 0.3 is 0 Å². The lowest BCUT2D eigenvalue weighted by Gasteiger charge is -1.93. The normalized spacial score (nSPS) is 8.80. The third-order valence-electron chi connectivity index (χ3n) is 1.35. The van der Waals surface area contributed by atoms with Gasteiger partial charge in [0.25, 0.3) is 0 Å². The summed E-state index contributed by atoms with van der Waals surface area (Å²) in [4.78, 5) is 10.5. The molecule has 0 atom stereocenters. The zero-order valence-corrected chi connectivity index (χ0v) is 8.04. The first kappa shape index (κ1) is 10.7. The van der Waals surface area contributed by atoms with E-state index in [2.05, 4.69) is 15.0 Å². The number of anilines is 3. The molecule has 0 aliphatic carbocycles. The van der Waals surface area contributed by atoms with Crippen molar-refractivity contribution in [2.45, 2.75) is 0 Å². The van der Waals surface area contributed by atoms with Crippen LogP contribution in [0.15, 0.2) is 36.4 Å². The summed E-state index contributed by atoms with van der Waals surface area (Å²) in [7, 11) is 0. The summed E-state index contributed by atoms with van der Waals surface area (Å²) in [5.74, 6) is 0.125. The average Bonchev–Trinajstić information content (AvgIpc) is 2.19.